The lowest BCUT2D eigenvalue weighted by Gasteiger charge is -2.22. The summed E-state index contributed by atoms with van der Waals surface area (Å²) in [6, 6.07) is 0.520. The highest BCUT2D eigenvalue weighted by Crippen LogP contribution is 2.22. The van der Waals surface area contributed by atoms with E-state index in [1.807, 2.05) is 7.05 Å². The first-order valence-electron chi connectivity index (χ1n) is 6.01. The zero-order valence-corrected chi connectivity index (χ0v) is 10.2. The van der Waals surface area contributed by atoms with E-state index < -0.39 is 5.97 Å². The largest absolute Gasteiger partial charge is 0.466 e. The van der Waals surface area contributed by atoms with Gasteiger partial charge in [-0.15, -0.1) is 0 Å². The van der Waals surface area contributed by atoms with Crippen molar-refractivity contribution in [2.24, 2.45) is 0 Å². The van der Waals surface area contributed by atoms with Crippen molar-refractivity contribution >= 4 is 11.8 Å². The number of carbonyl (C=O) groups excluding carboxylic acids is 2. The molecule has 0 amide bonds. The fourth-order valence-corrected chi connectivity index (χ4v) is 2.18. The normalized spacial score (nSPS) is 16.7. The number of nitrogens with zero attached hydrogens (tertiary/aromatic N) is 1. The van der Waals surface area contributed by atoms with Gasteiger partial charge in [0, 0.05) is 6.04 Å². The Morgan fingerprint density at radius 3 is 2.50 bits per heavy atom. The molecule has 0 saturated heterocycles. The third-order valence-corrected chi connectivity index (χ3v) is 3.02. The molecular weight excluding hydrogens is 206 g/mol. The summed E-state index contributed by atoms with van der Waals surface area (Å²) in [4.78, 5) is 24.7. The van der Waals surface area contributed by atoms with Gasteiger partial charge in [-0.05, 0) is 26.8 Å². The highest BCUT2D eigenvalue weighted by atomic mass is 16.5. The van der Waals surface area contributed by atoms with Crippen molar-refractivity contribution in [1.82, 2.24) is 4.90 Å². The molecule has 0 atom stereocenters. The predicted octanol–water partition coefficient (Wildman–Crippen LogP) is 1.38. The molecule has 0 spiro atoms. The number of rotatable bonds is 6. The van der Waals surface area contributed by atoms with E-state index in [0.717, 1.165) is 0 Å². The lowest BCUT2D eigenvalue weighted by atomic mass is 10.2. The smallest absolute Gasteiger partial charge is 0.313 e. The van der Waals surface area contributed by atoms with Gasteiger partial charge in [-0.2, -0.15) is 0 Å². The van der Waals surface area contributed by atoms with Crippen LogP contribution in [-0.2, 0) is 14.3 Å². The topological polar surface area (TPSA) is 46.6 Å². The fourth-order valence-electron chi connectivity index (χ4n) is 2.18. The average Bonchev–Trinajstić information content (AvgIpc) is 2.69. The van der Waals surface area contributed by atoms with Crippen LogP contribution in [-0.4, -0.2) is 42.9 Å². The van der Waals surface area contributed by atoms with E-state index in [0.29, 0.717) is 19.2 Å². The second-order valence-electron chi connectivity index (χ2n) is 4.37. The van der Waals surface area contributed by atoms with Crippen LogP contribution in [0.15, 0.2) is 0 Å². The van der Waals surface area contributed by atoms with E-state index in [4.69, 9.17) is 4.74 Å². The van der Waals surface area contributed by atoms with Crippen LogP contribution >= 0.6 is 0 Å². The zero-order valence-electron chi connectivity index (χ0n) is 10.2. The molecule has 0 aromatic heterocycles. The molecule has 92 valence electrons. The van der Waals surface area contributed by atoms with Gasteiger partial charge in [0.05, 0.1) is 13.2 Å². The number of esters is 1. The van der Waals surface area contributed by atoms with Crippen molar-refractivity contribution in [3.8, 4) is 0 Å². The summed E-state index contributed by atoms with van der Waals surface area (Å²) in [7, 11) is 1.96. The third kappa shape index (κ3) is 4.31. The summed E-state index contributed by atoms with van der Waals surface area (Å²) < 4.78 is 4.74. The summed E-state index contributed by atoms with van der Waals surface area (Å²) >= 11 is 0. The number of carbonyl (C=O) groups is 2. The Morgan fingerprint density at radius 2 is 1.94 bits per heavy atom. The Kier molecular flexibility index (Phi) is 5.46. The molecule has 4 nitrogen and oxygen atoms in total. The summed E-state index contributed by atoms with van der Waals surface area (Å²) in [6.45, 7) is 2.45. The molecule has 0 radical (unpaired) electrons. The van der Waals surface area contributed by atoms with Crippen LogP contribution < -0.4 is 0 Å². The third-order valence-electron chi connectivity index (χ3n) is 3.02. The highest BCUT2D eigenvalue weighted by molar-refractivity contribution is 5.96. The minimum Gasteiger partial charge on any atom is -0.466 e. The molecule has 0 aromatic rings. The Bertz CT molecular complexity index is 247. The molecular formula is C12H21NO3. The summed E-state index contributed by atoms with van der Waals surface area (Å²) in [5.41, 5.74) is 0. The maximum absolute atomic E-state index is 11.6. The van der Waals surface area contributed by atoms with Crippen molar-refractivity contribution in [1.29, 1.82) is 0 Å². The molecule has 1 saturated carbocycles. The van der Waals surface area contributed by atoms with Crippen LogP contribution in [0.25, 0.3) is 0 Å². The number of hydrogen-bond acceptors (Lipinski definition) is 4. The maximum atomic E-state index is 11.6. The highest BCUT2D eigenvalue weighted by Gasteiger charge is 2.22. The van der Waals surface area contributed by atoms with Gasteiger partial charge in [0.2, 0.25) is 0 Å². The van der Waals surface area contributed by atoms with Crippen molar-refractivity contribution < 1.29 is 14.3 Å². The van der Waals surface area contributed by atoms with Gasteiger partial charge in [0.1, 0.15) is 6.42 Å². The minimum absolute atomic E-state index is 0.0483. The molecule has 4 heteroatoms. The predicted molar refractivity (Wildman–Crippen MR) is 61.1 cm³/mol. The quantitative estimate of drug-likeness (QED) is 0.508. The first-order chi connectivity index (χ1) is 7.63. The van der Waals surface area contributed by atoms with E-state index in [2.05, 4.69) is 4.90 Å². The molecule has 0 unspecified atom stereocenters. The van der Waals surface area contributed by atoms with Gasteiger partial charge in [0.25, 0.3) is 0 Å². The van der Waals surface area contributed by atoms with Gasteiger partial charge in [-0.25, -0.2) is 0 Å². The number of hydrogen-bond donors (Lipinski definition) is 0. The van der Waals surface area contributed by atoms with Gasteiger partial charge < -0.3 is 4.74 Å². The van der Waals surface area contributed by atoms with Crippen molar-refractivity contribution in [3.05, 3.63) is 0 Å². The van der Waals surface area contributed by atoms with Gasteiger partial charge in [-0.3, -0.25) is 14.5 Å². The lowest BCUT2D eigenvalue weighted by Crippen LogP contribution is -2.34. The first-order valence-corrected chi connectivity index (χ1v) is 6.01. The molecule has 1 aliphatic carbocycles. The minimum atomic E-state index is -0.410. The van der Waals surface area contributed by atoms with Crippen molar-refractivity contribution in [3.63, 3.8) is 0 Å². The molecule has 0 N–H and O–H groups in total. The SMILES string of the molecule is CCOC(=O)CC(=O)CN(C)C1CCCC1. The molecule has 1 fully saturated rings. The van der Waals surface area contributed by atoms with Crippen LogP contribution in [0, 0.1) is 0 Å². The Labute approximate surface area is 96.9 Å². The van der Waals surface area contributed by atoms with Crippen molar-refractivity contribution in [2.45, 2.75) is 45.1 Å². The van der Waals surface area contributed by atoms with Gasteiger partial charge >= 0.3 is 5.97 Å². The average molecular weight is 227 g/mol. The second kappa shape index (κ2) is 6.63. The Hall–Kier alpha value is -0.900. The molecule has 16 heavy (non-hydrogen) atoms. The van der Waals surface area contributed by atoms with E-state index in [1.54, 1.807) is 6.92 Å². The van der Waals surface area contributed by atoms with Gasteiger partial charge in [0.15, 0.2) is 5.78 Å². The maximum Gasteiger partial charge on any atom is 0.313 e. The number of ketones is 1. The number of Topliss-reactive ketones (excluding diaryl/α,β-unsaturated/α-hetero) is 1. The second-order valence-corrected chi connectivity index (χ2v) is 4.37. The molecule has 0 aliphatic heterocycles. The van der Waals surface area contributed by atoms with Crippen LogP contribution in [0.5, 0.6) is 0 Å². The molecule has 0 aromatic carbocycles. The van der Waals surface area contributed by atoms with E-state index in [9.17, 15) is 9.59 Å². The molecule has 0 heterocycles. The number of likely N-dealkylation sites (N-methyl/N-ethyl adjacent to an activating group) is 1. The van der Waals surface area contributed by atoms with E-state index in [-0.39, 0.29) is 12.2 Å². The van der Waals surface area contributed by atoms with Gasteiger partial charge in [-0.1, -0.05) is 12.8 Å². The van der Waals surface area contributed by atoms with Crippen LogP contribution in [0.4, 0.5) is 0 Å². The summed E-state index contributed by atoms with van der Waals surface area (Å²) in [5, 5.41) is 0. The van der Waals surface area contributed by atoms with Crippen LogP contribution in [0.2, 0.25) is 0 Å². The summed E-state index contributed by atoms with van der Waals surface area (Å²) in [5.74, 6) is -0.458. The monoisotopic (exact) mass is 227 g/mol. The first kappa shape index (κ1) is 13.2. The van der Waals surface area contributed by atoms with Crippen LogP contribution in [0.1, 0.15) is 39.0 Å². The molecule has 0 bridgehead atoms. The van der Waals surface area contributed by atoms with E-state index in [1.165, 1.54) is 25.7 Å². The Morgan fingerprint density at radius 1 is 1.31 bits per heavy atom. The summed E-state index contributed by atoms with van der Waals surface area (Å²) in [6.07, 6.45) is 4.75. The fraction of sp³-hybridized carbons (Fsp3) is 0.833. The zero-order chi connectivity index (χ0) is 12.0. The molecule has 1 aliphatic rings. The molecule has 1 rings (SSSR count). The van der Waals surface area contributed by atoms with Crippen molar-refractivity contribution in [2.75, 3.05) is 20.2 Å². The standard InChI is InChI=1S/C12H21NO3/c1-3-16-12(15)8-11(14)9-13(2)10-6-4-5-7-10/h10H,3-9H2,1-2H3. The Balaban J connectivity index is 2.24. The lowest BCUT2D eigenvalue weighted by molar-refractivity contribution is -0.145. The van der Waals surface area contributed by atoms with Crippen LogP contribution in [0.3, 0.4) is 0 Å². The van der Waals surface area contributed by atoms with E-state index >= 15 is 0 Å². The number of ether oxygens (including phenoxy) is 1.